The Morgan fingerprint density at radius 3 is 2.40 bits per heavy atom. The van der Waals surface area contributed by atoms with Gasteiger partial charge in [-0.05, 0) is 23.3 Å². The molecule has 0 spiro atoms. The van der Waals surface area contributed by atoms with E-state index in [9.17, 15) is 14.4 Å². The number of likely N-dealkylation sites (tertiary alicyclic amines) is 1. The zero-order valence-electron chi connectivity index (χ0n) is 17.1. The predicted octanol–water partition coefficient (Wildman–Crippen LogP) is 1.52. The van der Waals surface area contributed by atoms with Crippen LogP contribution in [0.1, 0.15) is 17.5 Å². The molecule has 2 aromatic carbocycles. The minimum atomic E-state index is -0.351. The molecule has 3 rings (SSSR count). The third-order valence-corrected chi connectivity index (χ3v) is 5.07. The lowest BCUT2D eigenvalue weighted by Gasteiger charge is -2.16. The lowest BCUT2D eigenvalue weighted by atomic mass is 10.1. The molecule has 0 bridgehead atoms. The van der Waals surface area contributed by atoms with E-state index in [-0.39, 0.29) is 36.5 Å². The van der Waals surface area contributed by atoms with Gasteiger partial charge in [-0.3, -0.25) is 14.4 Å². The Bertz CT molecular complexity index is 868. The number of hydrogen-bond acceptors (Lipinski definition) is 4. The quantitative estimate of drug-likeness (QED) is 0.615. The molecule has 1 fully saturated rings. The highest BCUT2D eigenvalue weighted by atomic mass is 16.5. The van der Waals surface area contributed by atoms with Gasteiger partial charge in [-0.25, -0.2) is 0 Å². The number of hydrogen-bond donors (Lipinski definition) is 2. The van der Waals surface area contributed by atoms with E-state index >= 15 is 0 Å². The van der Waals surface area contributed by atoms with Gasteiger partial charge in [0.1, 0.15) is 5.75 Å². The molecule has 7 heteroatoms. The van der Waals surface area contributed by atoms with E-state index in [2.05, 4.69) is 10.6 Å². The predicted molar refractivity (Wildman–Crippen MR) is 113 cm³/mol. The average molecular weight is 409 g/mol. The third kappa shape index (κ3) is 6.07. The summed E-state index contributed by atoms with van der Waals surface area (Å²) in [6, 6.07) is 17.1. The van der Waals surface area contributed by atoms with Gasteiger partial charge in [-0.1, -0.05) is 42.5 Å². The molecule has 1 aliphatic rings. The Hall–Kier alpha value is -3.35. The standard InChI is InChI=1S/C23H27N3O4/c1-30-20-9-7-17(8-10-20)13-21(27)24-11-12-25-23(29)19-14-22(28)26(16-19)15-18-5-3-2-4-6-18/h2-10,19H,11-16H2,1H3,(H,24,27)(H,25,29). The fourth-order valence-electron chi connectivity index (χ4n) is 3.43. The van der Waals surface area contributed by atoms with Gasteiger partial charge in [0.05, 0.1) is 19.4 Å². The van der Waals surface area contributed by atoms with Gasteiger partial charge in [-0.15, -0.1) is 0 Å². The van der Waals surface area contributed by atoms with Crippen molar-refractivity contribution < 1.29 is 19.1 Å². The second-order valence-corrected chi connectivity index (χ2v) is 7.33. The third-order valence-electron chi connectivity index (χ3n) is 5.07. The molecule has 1 aliphatic heterocycles. The van der Waals surface area contributed by atoms with E-state index in [1.807, 2.05) is 54.6 Å². The summed E-state index contributed by atoms with van der Waals surface area (Å²) in [7, 11) is 1.60. The summed E-state index contributed by atoms with van der Waals surface area (Å²) in [6.45, 7) is 1.61. The molecule has 0 aliphatic carbocycles. The molecule has 1 heterocycles. The van der Waals surface area contributed by atoms with Crippen LogP contribution in [-0.2, 0) is 27.3 Å². The number of nitrogens with zero attached hydrogens (tertiary/aromatic N) is 1. The zero-order chi connectivity index (χ0) is 21.3. The molecular weight excluding hydrogens is 382 g/mol. The number of methoxy groups -OCH3 is 1. The molecule has 158 valence electrons. The fourth-order valence-corrected chi connectivity index (χ4v) is 3.43. The van der Waals surface area contributed by atoms with Gasteiger partial charge < -0.3 is 20.3 Å². The van der Waals surface area contributed by atoms with Crippen molar-refractivity contribution in [2.45, 2.75) is 19.4 Å². The Morgan fingerprint density at radius 2 is 1.70 bits per heavy atom. The Labute approximate surface area is 176 Å². The van der Waals surface area contributed by atoms with E-state index in [0.29, 0.717) is 26.2 Å². The van der Waals surface area contributed by atoms with Gasteiger partial charge >= 0.3 is 0 Å². The van der Waals surface area contributed by atoms with Gasteiger partial charge in [0.15, 0.2) is 0 Å². The van der Waals surface area contributed by atoms with Crippen molar-refractivity contribution in [3.05, 3.63) is 65.7 Å². The first-order valence-electron chi connectivity index (χ1n) is 10.0. The van der Waals surface area contributed by atoms with Crippen molar-refractivity contribution in [3.8, 4) is 5.75 Å². The van der Waals surface area contributed by atoms with Crippen LogP contribution in [0.15, 0.2) is 54.6 Å². The summed E-state index contributed by atoms with van der Waals surface area (Å²) in [4.78, 5) is 38.3. The maximum atomic E-state index is 12.4. The molecule has 1 saturated heterocycles. The van der Waals surface area contributed by atoms with Crippen molar-refractivity contribution in [2.75, 3.05) is 26.7 Å². The van der Waals surface area contributed by atoms with Crippen LogP contribution in [0.5, 0.6) is 5.75 Å². The number of nitrogens with one attached hydrogen (secondary N) is 2. The molecule has 0 saturated carbocycles. The monoisotopic (exact) mass is 409 g/mol. The van der Waals surface area contributed by atoms with E-state index in [4.69, 9.17) is 4.74 Å². The highest BCUT2D eigenvalue weighted by Gasteiger charge is 2.33. The fraction of sp³-hybridized carbons (Fsp3) is 0.348. The molecule has 0 radical (unpaired) electrons. The van der Waals surface area contributed by atoms with Crippen LogP contribution in [0, 0.1) is 5.92 Å². The molecule has 1 atom stereocenters. The first-order chi connectivity index (χ1) is 14.5. The maximum absolute atomic E-state index is 12.4. The number of carbonyl (C=O) groups is 3. The van der Waals surface area contributed by atoms with Crippen LogP contribution >= 0.6 is 0 Å². The number of rotatable bonds is 9. The van der Waals surface area contributed by atoms with Crippen LogP contribution in [0.25, 0.3) is 0 Å². The lowest BCUT2D eigenvalue weighted by molar-refractivity contribution is -0.129. The number of carbonyl (C=O) groups excluding carboxylic acids is 3. The first-order valence-corrected chi connectivity index (χ1v) is 10.0. The summed E-state index contributed by atoms with van der Waals surface area (Å²) in [5.74, 6) is 0.125. The van der Waals surface area contributed by atoms with Crippen molar-refractivity contribution in [3.63, 3.8) is 0 Å². The van der Waals surface area contributed by atoms with Crippen LogP contribution in [0.4, 0.5) is 0 Å². The van der Waals surface area contributed by atoms with E-state index in [0.717, 1.165) is 16.9 Å². The second kappa shape index (κ2) is 10.4. The van der Waals surface area contributed by atoms with Gasteiger partial charge in [-0.2, -0.15) is 0 Å². The largest absolute Gasteiger partial charge is 0.497 e. The molecule has 3 amide bonds. The van der Waals surface area contributed by atoms with Gasteiger partial charge in [0.25, 0.3) is 0 Å². The molecule has 2 N–H and O–H groups in total. The summed E-state index contributed by atoms with van der Waals surface area (Å²) < 4.78 is 5.10. The van der Waals surface area contributed by atoms with E-state index in [1.54, 1.807) is 12.0 Å². The Kier molecular flexibility index (Phi) is 7.43. The number of ether oxygens (including phenoxy) is 1. The minimum absolute atomic E-state index is 0.00759. The molecule has 2 aromatic rings. The van der Waals surface area contributed by atoms with Crippen LogP contribution in [-0.4, -0.2) is 49.4 Å². The van der Waals surface area contributed by atoms with Crippen LogP contribution in [0.2, 0.25) is 0 Å². The van der Waals surface area contributed by atoms with E-state index < -0.39 is 0 Å². The molecule has 0 aromatic heterocycles. The topological polar surface area (TPSA) is 87.7 Å². The average Bonchev–Trinajstić information content (AvgIpc) is 3.12. The molecular formula is C23H27N3O4. The summed E-state index contributed by atoms with van der Waals surface area (Å²) in [5, 5.41) is 5.61. The Morgan fingerprint density at radius 1 is 1.00 bits per heavy atom. The Balaban J connectivity index is 1.35. The summed E-state index contributed by atoms with van der Waals surface area (Å²) >= 11 is 0. The van der Waals surface area contributed by atoms with Crippen LogP contribution < -0.4 is 15.4 Å². The summed E-state index contributed by atoms with van der Waals surface area (Å²) in [5.41, 5.74) is 1.94. The van der Waals surface area contributed by atoms with E-state index in [1.165, 1.54) is 0 Å². The normalized spacial score (nSPS) is 15.7. The highest BCUT2D eigenvalue weighted by molar-refractivity contribution is 5.89. The van der Waals surface area contributed by atoms with Crippen molar-refractivity contribution >= 4 is 17.7 Å². The lowest BCUT2D eigenvalue weighted by Crippen LogP contribution is -2.38. The van der Waals surface area contributed by atoms with Crippen LogP contribution in [0.3, 0.4) is 0 Å². The molecule has 7 nitrogen and oxygen atoms in total. The van der Waals surface area contributed by atoms with Crippen molar-refractivity contribution in [2.24, 2.45) is 5.92 Å². The number of amides is 3. The molecule has 30 heavy (non-hydrogen) atoms. The maximum Gasteiger partial charge on any atom is 0.225 e. The van der Waals surface area contributed by atoms with Gasteiger partial charge in [0, 0.05) is 32.6 Å². The molecule has 1 unspecified atom stereocenters. The SMILES string of the molecule is COc1ccc(CC(=O)NCCNC(=O)C2CC(=O)N(Cc3ccccc3)C2)cc1. The van der Waals surface area contributed by atoms with Crippen molar-refractivity contribution in [1.82, 2.24) is 15.5 Å². The second-order valence-electron chi connectivity index (χ2n) is 7.33. The zero-order valence-corrected chi connectivity index (χ0v) is 17.1. The smallest absolute Gasteiger partial charge is 0.225 e. The van der Waals surface area contributed by atoms with Gasteiger partial charge in [0.2, 0.25) is 17.7 Å². The highest BCUT2D eigenvalue weighted by Crippen LogP contribution is 2.20. The van der Waals surface area contributed by atoms with Crippen molar-refractivity contribution in [1.29, 1.82) is 0 Å². The minimum Gasteiger partial charge on any atom is -0.497 e. The first kappa shape index (κ1) is 21.4. The summed E-state index contributed by atoms with van der Waals surface area (Å²) in [6.07, 6.45) is 0.492. The number of benzene rings is 2.